The first-order valence-corrected chi connectivity index (χ1v) is 7.08. The Morgan fingerprint density at radius 2 is 2.12 bits per heavy atom. The zero-order valence-electron chi connectivity index (χ0n) is 13.0. The SMILES string of the molecule is CCn1cccc(C(=O)N/N=C\c2cc([N+](=O)[O-])c(O)cc2O)c1=O. The van der Waals surface area contributed by atoms with Crippen LogP contribution in [0, 0.1) is 10.1 Å². The highest BCUT2D eigenvalue weighted by Gasteiger charge is 2.17. The minimum atomic E-state index is -0.831. The van der Waals surface area contributed by atoms with Crippen molar-refractivity contribution in [1.29, 1.82) is 0 Å². The fourth-order valence-corrected chi connectivity index (χ4v) is 2.01. The summed E-state index contributed by atoms with van der Waals surface area (Å²) in [6.07, 6.45) is 2.50. The summed E-state index contributed by atoms with van der Waals surface area (Å²) in [5.74, 6) is -1.93. The van der Waals surface area contributed by atoms with Crippen LogP contribution in [-0.4, -0.2) is 31.8 Å². The molecule has 0 aliphatic rings. The molecule has 25 heavy (non-hydrogen) atoms. The van der Waals surface area contributed by atoms with E-state index in [0.717, 1.165) is 18.3 Å². The molecule has 0 spiro atoms. The summed E-state index contributed by atoms with van der Waals surface area (Å²) >= 11 is 0. The van der Waals surface area contributed by atoms with E-state index in [2.05, 4.69) is 10.5 Å². The molecule has 1 amide bonds. The van der Waals surface area contributed by atoms with Gasteiger partial charge in [-0.3, -0.25) is 19.7 Å². The Kier molecular flexibility index (Phi) is 5.12. The highest BCUT2D eigenvalue weighted by atomic mass is 16.6. The number of nitro benzene ring substituents is 1. The summed E-state index contributed by atoms with van der Waals surface area (Å²) in [6.45, 7) is 2.15. The van der Waals surface area contributed by atoms with Crippen molar-refractivity contribution in [2.24, 2.45) is 5.10 Å². The summed E-state index contributed by atoms with van der Waals surface area (Å²) in [6, 6.07) is 4.56. The molecule has 3 N–H and O–H groups in total. The first kappa shape index (κ1) is 17.7. The number of hydrogen-bond donors (Lipinski definition) is 3. The van der Waals surface area contributed by atoms with Gasteiger partial charge in [-0.25, -0.2) is 5.43 Å². The molecular weight excluding hydrogens is 332 g/mol. The van der Waals surface area contributed by atoms with Gasteiger partial charge in [-0.1, -0.05) is 0 Å². The largest absolute Gasteiger partial charge is 0.507 e. The van der Waals surface area contributed by atoms with Gasteiger partial charge in [0.05, 0.1) is 11.1 Å². The summed E-state index contributed by atoms with van der Waals surface area (Å²) < 4.78 is 1.34. The molecule has 2 rings (SSSR count). The molecule has 1 aromatic heterocycles. The normalized spacial score (nSPS) is 10.8. The van der Waals surface area contributed by atoms with Crippen LogP contribution in [0.15, 0.2) is 40.4 Å². The molecule has 2 aromatic rings. The fraction of sp³-hybridized carbons (Fsp3) is 0.133. The van der Waals surface area contributed by atoms with Gasteiger partial charge in [0.2, 0.25) is 0 Å². The predicted molar refractivity (Wildman–Crippen MR) is 87.9 cm³/mol. The Bertz CT molecular complexity index is 919. The van der Waals surface area contributed by atoms with E-state index in [9.17, 15) is 29.9 Å². The molecule has 1 heterocycles. The number of aromatic nitrogens is 1. The van der Waals surface area contributed by atoms with E-state index in [1.54, 1.807) is 13.0 Å². The number of nitro groups is 1. The summed E-state index contributed by atoms with van der Waals surface area (Å²) in [7, 11) is 0. The molecule has 0 radical (unpaired) electrons. The van der Waals surface area contributed by atoms with Crippen molar-refractivity contribution in [3.63, 3.8) is 0 Å². The molecule has 0 saturated heterocycles. The number of rotatable bonds is 5. The van der Waals surface area contributed by atoms with E-state index >= 15 is 0 Å². The van der Waals surface area contributed by atoms with Gasteiger partial charge in [0.15, 0.2) is 5.75 Å². The minimum Gasteiger partial charge on any atom is -0.507 e. The highest BCUT2D eigenvalue weighted by Crippen LogP contribution is 2.31. The second kappa shape index (κ2) is 7.25. The molecule has 0 aliphatic heterocycles. The number of hydrogen-bond acceptors (Lipinski definition) is 7. The lowest BCUT2D eigenvalue weighted by atomic mass is 10.2. The maximum absolute atomic E-state index is 12.0. The summed E-state index contributed by atoms with van der Waals surface area (Å²) in [4.78, 5) is 33.9. The molecule has 0 bridgehead atoms. The van der Waals surface area contributed by atoms with Crippen LogP contribution in [-0.2, 0) is 6.54 Å². The van der Waals surface area contributed by atoms with Crippen LogP contribution in [0.1, 0.15) is 22.8 Å². The highest BCUT2D eigenvalue weighted by molar-refractivity contribution is 5.94. The molecule has 130 valence electrons. The number of phenols is 2. The first-order valence-electron chi connectivity index (χ1n) is 7.08. The van der Waals surface area contributed by atoms with E-state index in [1.165, 1.54) is 16.8 Å². The molecule has 0 fully saturated rings. The number of hydrazone groups is 1. The van der Waals surface area contributed by atoms with Crippen LogP contribution < -0.4 is 11.0 Å². The molecule has 10 nitrogen and oxygen atoms in total. The third kappa shape index (κ3) is 3.80. The van der Waals surface area contributed by atoms with E-state index in [0.29, 0.717) is 6.54 Å². The number of benzene rings is 1. The second-order valence-corrected chi connectivity index (χ2v) is 4.87. The number of nitrogens with one attached hydrogen (secondary N) is 1. The maximum Gasteiger partial charge on any atom is 0.311 e. The lowest BCUT2D eigenvalue weighted by Gasteiger charge is -2.04. The van der Waals surface area contributed by atoms with Crippen LogP contribution in [0.3, 0.4) is 0 Å². The van der Waals surface area contributed by atoms with Crippen LogP contribution in [0.5, 0.6) is 11.5 Å². The smallest absolute Gasteiger partial charge is 0.311 e. The number of carbonyl (C=O) groups is 1. The molecule has 0 unspecified atom stereocenters. The van der Waals surface area contributed by atoms with E-state index in [4.69, 9.17) is 0 Å². The van der Waals surface area contributed by atoms with E-state index in [1.807, 2.05) is 0 Å². The number of carbonyl (C=O) groups excluding carboxylic acids is 1. The Labute approximate surface area is 140 Å². The molecular formula is C15H14N4O6. The van der Waals surface area contributed by atoms with Crippen LogP contribution in [0.2, 0.25) is 0 Å². The molecule has 0 aliphatic carbocycles. The maximum atomic E-state index is 12.0. The van der Waals surface area contributed by atoms with Crippen molar-refractivity contribution in [3.8, 4) is 11.5 Å². The number of nitrogens with zero attached hydrogens (tertiary/aromatic N) is 3. The van der Waals surface area contributed by atoms with E-state index in [-0.39, 0.29) is 11.1 Å². The van der Waals surface area contributed by atoms with Gasteiger partial charge in [-0.05, 0) is 19.1 Å². The standard InChI is InChI=1S/C15H14N4O6/c1-2-18-5-3-4-10(15(18)23)14(22)17-16-8-9-6-11(19(24)25)13(21)7-12(9)20/h3-8,20-21H,2H2,1H3,(H,17,22)/b16-8-. The second-order valence-electron chi connectivity index (χ2n) is 4.87. The number of aromatic hydroxyl groups is 2. The lowest BCUT2D eigenvalue weighted by Crippen LogP contribution is -2.30. The Hall–Kier alpha value is -3.69. The lowest BCUT2D eigenvalue weighted by molar-refractivity contribution is -0.385. The predicted octanol–water partition coefficient (Wildman–Crippen LogP) is 0.951. The quantitative estimate of drug-likeness (QED) is 0.417. The Morgan fingerprint density at radius 1 is 1.40 bits per heavy atom. The Balaban J connectivity index is 2.22. The summed E-state index contributed by atoms with van der Waals surface area (Å²) in [5, 5.41) is 33.4. The minimum absolute atomic E-state index is 0.0937. The number of phenolic OH excluding ortho intramolecular Hbond substituents is 2. The molecule has 10 heteroatoms. The van der Waals surface area contributed by atoms with Crippen LogP contribution >= 0.6 is 0 Å². The third-order valence-corrected chi connectivity index (χ3v) is 3.30. The summed E-state index contributed by atoms with van der Waals surface area (Å²) in [5.41, 5.74) is 0.777. The van der Waals surface area contributed by atoms with E-state index < -0.39 is 33.6 Å². The van der Waals surface area contributed by atoms with Gasteiger partial charge < -0.3 is 14.8 Å². The van der Waals surface area contributed by atoms with Gasteiger partial charge in [0.25, 0.3) is 11.5 Å². The topological polar surface area (TPSA) is 147 Å². The monoisotopic (exact) mass is 346 g/mol. The van der Waals surface area contributed by atoms with Crippen molar-refractivity contribution < 1.29 is 19.9 Å². The third-order valence-electron chi connectivity index (χ3n) is 3.30. The van der Waals surface area contributed by atoms with Crippen molar-refractivity contribution in [1.82, 2.24) is 9.99 Å². The van der Waals surface area contributed by atoms with Crippen LogP contribution in [0.25, 0.3) is 0 Å². The molecule has 0 saturated carbocycles. The average Bonchev–Trinajstić information content (AvgIpc) is 2.56. The number of amides is 1. The van der Waals surface area contributed by atoms with Crippen molar-refractivity contribution >= 4 is 17.8 Å². The first-order chi connectivity index (χ1) is 11.8. The van der Waals surface area contributed by atoms with Crippen LogP contribution in [0.4, 0.5) is 5.69 Å². The van der Waals surface area contributed by atoms with Crippen molar-refractivity contribution in [2.45, 2.75) is 13.5 Å². The molecule has 0 atom stereocenters. The average molecular weight is 346 g/mol. The van der Waals surface area contributed by atoms with Crippen molar-refractivity contribution in [2.75, 3.05) is 0 Å². The fourth-order valence-electron chi connectivity index (χ4n) is 2.01. The zero-order valence-corrected chi connectivity index (χ0v) is 13.0. The van der Waals surface area contributed by atoms with Gasteiger partial charge in [-0.2, -0.15) is 5.10 Å². The number of pyridine rings is 1. The number of aryl methyl sites for hydroxylation is 1. The van der Waals surface area contributed by atoms with Crippen molar-refractivity contribution in [3.05, 3.63) is 62.1 Å². The van der Waals surface area contributed by atoms with Gasteiger partial charge >= 0.3 is 5.69 Å². The van der Waals surface area contributed by atoms with Gasteiger partial charge in [-0.15, -0.1) is 0 Å². The molecule has 1 aromatic carbocycles. The zero-order chi connectivity index (χ0) is 18.6. The van der Waals surface area contributed by atoms with Gasteiger partial charge in [0, 0.05) is 30.4 Å². The Morgan fingerprint density at radius 3 is 2.76 bits per heavy atom. The van der Waals surface area contributed by atoms with Gasteiger partial charge in [0.1, 0.15) is 11.3 Å².